The van der Waals surface area contributed by atoms with Crippen LogP contribution in [0.3, 0.4) is 0 Å². The van der Waals surface area contributed by atoms with Gasteiger partial charge in [0.05, 0.1) is 12.4 Å². The van der Waals surface area contributed by atoms with Crippen LogP contribution in [0.1, 0.15) is 29.2 Å². The highest BCUT2D eigenvalue weighted by Crippen LogP contribution is 2.33. The first kappa shape index (κ1) is 20.1. The number of rotatable bonds is 2. The average Bonchev–Trinajstić information content (AvgIpc) is 3.29. The smallest absolute Gasteiger partial charge is 0.298 e. The van der Waals surface area contributed by atoms with Crippen molar-refractivity contribution in [3.8, 4) is 0 Å². The van der Waals surface area contributed by atoms with Crippen LogP contribution in [0, 0.1) is 6.92 Å². The second kappa shape index (κ2) is 6.97. The molecule has 2 N–H and O–H groups in total. The molecule has 9 heteroatoms. The number of imidazole rings is 1. The normalized spacial score (nSPS) is 19.7. The number of H-pyrrole nitrogens is 1. The highest BCUT2D eigenvalue weighted by Gasteiger charge is 2.38. The van der Waals surface area contributed by atoms with Crippen molar-refractivity contribution in [2.45, 2.75) is 31.1 Å². The summed E-state index contributed by atoms with van der Waals surface area (Å²) >= 11 is 0. The SMILES string of the molecule is Cc1cc2c(c3ccc4c(c13)=CCC(S(=O)(=O)O)C4n1cnc(=O)c3[nH]cnc31)=CC=CC2. The van der Waals surface area contributed by atoms with Crippen molar-refractivity contribution in [1.29, 1.82) is 0 Å². The Morgan fingerprint density at radius 2 is 2.06 bits per heavy atom. The molecule has 2 atom stereocenters. The molecule has 0 spiro atoms. The third kappa shape index (κ3) is 2.93. The number of fused-ring (bicyclic) bond motifs is 6. The minimum Gasteiger partial charge on any atom is -0.339 e. The highest BCUT2D eigenvalue weighted by atomic mass is 32.2. The molecular weight excluding hydrogens is 440 g/mol. The van der Waals surface area contributed by atoms with Crippen LogP contribution in [0.2, 0.25) is 0 Å². The van der Waals surface area contributed by atoms with Gasteiger partial charge < -0.3 is 9.55 Å². The average molecular weight is 461 g/mol. The number of hydrogen-bond acceptors (Lipinski definition) is 5. The van der Waals surface area contributed by atoms with Crippen molar-refractivity contribution in [2.24, 2.45) is 0 Å². The molecule has 2 aliphatic carbocycles. The van der Waals surface area contributed by atoms with E-state index in [-0.39, 0.29) is 11.9 Å². The van der Waals surface area contributed by atoms with Crippen LogP contribution in [0.25, 0.3) is 34.1 Å². The monoisotopic (exact) mass is 460 g/mol. The zero-order chi connectivity index (χ0) is 22.9. The zero-order valence-electron chi connectivity index (χ0n) is 17.7. The van der Waals surface area contributed by atoms with E-state index in [0.717, 1.165) is 33.5 Å². The van der Waals surface area contributed by atoms with Gasteiger partial charge in [0.25, 0.3) is 15.7 Å². The summed E-state index contributed by atoms with van der Waals surface area (Å²) in [4.78, 5) is 23.1. The summed E-state index contributed by atoms with van der Waals surface area (Å²) in [7, 11) is -4.42. The van der Waals surface area contributed by atoms with Gasteiger partial charge in [-0.1, -0.05) is 42.5 Å². The van der Waals surface area contributed by atoms with Gasteiger partial charge in [0, 0.05) is 0 Å². The van der Waals surface area contributed by atoms with Gasteiger partial charge in [-0.15, -0.1) is 0 Å². The third-order valence-electron chi connectivity index (χ3n) is 6.72. The van der Waals surface area contributed by atoms with Crippen LogP contribution < -0.4 is 16.0 Å². The number of allylic oxidation sites excluding steroid dienone is 2. The summed E-state index contributed by atoms with van der Waals surface area (Å²) in [6.07, 6.45) is 11.9. The fourth-order valence-electron chi connectivity index (χ4n) is 5.33. The standard InChI is InChI=1S/C24H20N4O4S/c1-13-10-14-4-2-3-5-15(14)16-6-7-18-17(20(13)16)8-9-19(33(30,31)32)22(18)28-12-27-24(29)21-23(28)26-11-25-21/h2-3,5-8,10-12,19,22H,4,9H2,1H3,(H,25,26)(H,30,31,32). The van der Waals surface area contributed by atoms with E-state index < -0.39 is 27.0 Å². The van der Waals surface area contributed by atoms with Gasteiger partial charge in [-0.3, -0.25) is 9.35 Å². The minimum absolute atomic E-state index is 0.119. The Bertz CT molecular complexity index is 1800. The van der Waals surface area contributed by atoms with Crippen LogP contribution in [-0.2, 0) is 16.5 Å². The van der Waals surface area contributed by atoms with E-state index in [1.54, 1.807) is 4.57 Å². The van der Waals surface area contributed by atoms with E-state index in [4.69, 9.17) is 0 Å². The predicted molar refractivity (Wildman–Crippen MR) is 126 cm³/mol. The molecule has 0 saturated heterocycles. The van der Waals surface area contributed by atoms with E-state index >= 15 is 0 Å². The third-order valence-corrected chi connectivity index (χ3v) is 7.94. The van der Waals surface area contributed by atoms with Crippen molar-refractivity contribution in [2.75, 3.05) is 0 Å². The Morgan fingerprint density at radius 3 is 2.88 bits per heavy atom. The number of aromatic nitrogens is 4. The second-order valence-corrected chi connectivity index (χ2v) is 10.2. The van der Waals surface area contributed by atoms with Crippen molar-refractivity contribution in [1.82, 2.24) is 19.5 Å². The molecule has 2 aromatic heterocycles. The maximum Gasteiger partial charge on any atom is 0.298 e. The number of benzene rings is 2. The lowest BCUT2D eigenvalue weighted by molar-refractivity contribution is 0.436. The second-order valence-electron chi connectivity index (χ2n) is 8.55. The van der Waals surface area contributed by atoms with Crippen LogP contribution in [0.5, 0.6) is 0 Å². The minimum atomic E-state index is -4.42. The molecule has 0 bridgehead atoms. The largest absolute Gasteiger partial charge is 0.339 e. The van der Waals surface area contributed by atoms with Crippen LogP contribution in [-0.4, -0.2) is 37.7 Å². The van der Waals surface area contributed by atoms with Crippen molar-refractivity contribution >= 4 is 44.2 Å². The summed E-state index contributed by atoms with van der Waals surface area (Å²) in [5.74, 6) is 0. The van der Waals surface area contributed by atoms with E-state index in [1.165, 1.54) is 23.4 Å². The summed E-state index contributed by atoms with van der Waals surface area (Å²) in [5, 5.41) is 3.13. The molecule has 4 aromatic rings. The zero-order valence-corrected chi connectivity index (χ0v) is 18.5. The number of nitrogens with one attached hydrogen (secondary N) is 1. The van der Waals surface area contributed by atoms with E-state index in [9.17, 15) is 17.8 Å². The Kier molecular flexibility index (Phi) is 4.24. The van der Waals surface area contributed by atoms with Crippen molar-refractivity contribution in [3.05, 3.63) is 80.5 Å². The van der Waals surface area contributed by atoms with Gasteiger partial charge in [0.1, 0.15) is 11.6 Å². The fraction of sp³-hybridized carbons (Fsp3) is 0.208. The van der Waals surface area contributed by atoms with Gasteiger partial charge in [-0.2, -0.15) is 13.4 Å². The number of hydrogen-bond donors (Lipinski definition) is 2. The van der Waals surface area contributed by atoms with Gasteiger partial charge in [-0.05, 0) is 57.7 Å². The Labute approximate surface area is 188 Å². The molecule has 2 aromatic carbocycles. The van der Waals surface area contributed by atoms with Crippen molar-refractivity contribution < 1.29 is 13.0 Å². The molecule has 0 aliphatic heterocycles. The molecule has 0 fully saturated rings. The molecule has 0 amide bonds. The van der Waals surface area contributed by atoms with E-state index in [1.807, 2.05) is 18.2 Å². The Hall–Kier alpha value is -3.56. The maximum atomic E-state index is 12.4. The highest BCUT2D eigenvalue weighted by molar-refractivity contribution is 7.86. The molecule has 2 heterocycles. The Balaban J connectivity index is 1.72. The first-order valence-corrected chi connectivity index (χ1v) is 12.1. The van der Waals surface area contributed by atoms with Gasteiger partial charge in [-0.25, -0.2) is 4.98 Å². The van der Waals surface area contributed by atoms with E-state index in [2.05, 4.69) is 46.2 Å². The lowest BCUT2D eigenvalue weighted by atomic mass is 9.86. The maximum absolute atomic E-state index is 12.4. The van der Waals surface area contributed by atoms with Gasteiger partial charge >= 0.3 is 0 Å². The lowest BCUT2D eigenvalue weighted by Gasteiger charge is -2.31. The first-order valence-electron chi connectivity index (χ1n) is 10.6. The molecule has 0 radical (unpaired) electrons. The first-order chi connectivity index (χ1) is 15.8. The molecular formula is C24H20N4O4S. The lowest BCUT2D eigenvalue weighted by Crippen LogP contribution is -2.39. The van der Waals surface area contributed by atoms with E-state index in [0.29, 0.717) is 5.65 Å². The molecule has 8 nitrogen and oxygen atoms in total. The van der Waals surface area contributed by atoms with Crippen LogP contribution >= 0.6 is 0 Å². The summed E-state index contributed by atoms with van der Waals surface area (Å²) in [6.45, 7) is 2.06. The fourth-order valence-corrected chi connectivity index (χ4v) is 6.27. The summed E-state index contributed by atoms with van der Waals surface area (Å²) in [6, 6.07) is 5.31. The summed E-state index contributed by atoms with van der Waals surface area (Å²) < 4.78 is 36.6. The molecule has 33 heavy (non-hydrogen) atoms. The molecule has 0 saturated carbocycles. The van der Waals surface area contributed by atoms with Gasteiger partial charge in [0.15, 0.2) is 11.2 Å². The number of aryl methyl sites for hydroxylation is 1. The van der Waals surface area contributed by atoms with Crippen LogP contribution in [0.15, 0.2) is 47.8 Å². The number of nitrogens with zero attached hydrogens (tertiary/aromatic N) is 3. The summed E-state index contributed by atoms with van der Waals surface area (Å²) in [5.41, 5.74) is 3.10. The quantitative estimate of drug-likeness (QED) is 0.438. The predicted octanol–water partition coefficient (Wildman–Crippen LogP) is 1.50. The molecule has 6 rings (SSSR count). The molecule has 2 unspecified atom stereocenters. The topological polar surface area (TPSA) is 118 Å². The van der Waals surface area contributed by atoms with Crippen LogP contribution in [0.4, 0.5) is 0 Å². The van der Waals surface area contributed by atoms with Gasteiger partial charge in [0.2, 0.25) is 0 Å². The van der Waals surface area contributed by atoms with Crippen molar-refractivity contribution in [3.63, 3.8) is 0 Å². The Morgan fingerprint density at radius 1 is 1.21 bits per heavy atom. The number of aromatic amines is 1. The molecule has 2 aliphatic rings. The molecule has 166 valence electrons.